The summed E-state index contributed by atoms with van der Waals surface area (Å²) in [7, 11) is 0. The van der Waals surface area contributed by atoms with Crippen LogP contribution in [0.15, 0.2) is 0 Å². The fourth-order valence-electron chi connectivity index (χ4n) is 5.13. The molecular weight excluding hydrogens is 340 g/mol. The van der Waals surface area contributed by atoms with Crippen LogP contribution in [0.4, 0.5) is 0 Å². The van der Waals surface area contributed by atoms with Crippen LogP contribution in [-0.2, 0) is 9.59 Å². The fourth-order valence-corrected chi connectivity index (χ4v) is 5.13. The summed E-state index contributed by atoms with van der Waals surface area (Å²) < 4.78 is 0. The number of carboxylic acid groups (broad SMARTS) is 2. The maximum atomic E-state index is 12.2. The van der Waals surface area contributed by atoms with Gasteiger partial charge in [-0.25, -0.2) is 0 Å². The lowest BCUT2D eigenvalue weighted by atomic mass is 9.53. The molecule has 0 spiro atoms. The Bertz CT molecular complexity index is 459. The molecule has 0 aliphatic heterocycles. The number of hydrogen-bond acceptors (Lipinski definition) is 2. The molecule has 1 aliphatic rings. The maximum absolute atomic E-state index is 12.2. The van der Waals surface area contributed by atoms with Crippen molar-refractivity contribution in [1.29, 1.82) is 0 Å². The topological polar surface area (TPSA) is 74.6 Å². The van der Waals surface area contributed by atoms with Crippen LogP contribution < -0.4 is 0 Å². The zero-order valence-electron chi connectivity index (χ0n) is 17.9. The van der Waals surface area contributed by atoms with E-state index in [1.807, 2.05) is 6.92 Å². The first-order valence-electron chi connectivity index (χ1n) is 11.3. The fraction of sp³-hybridized carbons (Fsp3) is 0.913. The second-order valence-electron chi connectivity index (χ2n) is 9.10. The quantitative estimate of drug-likeness (QED) is 0.329. The number of carbonyl (C=O) groups is 2. The van der Waals surface area contributed by atoms with E-state index in [9.17, 15) is 19.8 Å². The van der Waals surface area contributed by atoms with Crippen molar-refractivity contribution in [2.45, 2.75) is 117 Å². The Morgan fingerprint density at radius 2 is 1.22 bits per heavy atom. The van der Waals surface area contributed by atoms with Crippen molar-refractivity contribution in [3.8, 4) is 0 Å². The Balaban J connectivity index is 2.43. The molecule has 0 aromatic rings. The molecule has 0 aromatic heterocycles. The molecule has 2 atom stereocenters. The van der Waals surface area contributed by atoms with Crippen molar-refractivity contribution < 1.29 is 19.8 Å². The van der Waals surface area contributed by atoms with Gasteiger partial charge in [-0.05, 0) is 31.6 Å². The largest absolute Gasteiger partial charge is 0.481 e. The maximum Gasteiger partial charge on any atom is 0.310 e. The van der Waals surface area contributed by atoms with Crippen LogP contribution >= 0.6 is 0 Å². The smallest absolute Gasteiger partial charge is 0.310 e. The molecule has 1 fully saturated rings. The zero-order chi connectivity index (χ0) is 20.3. The number of rotatable bonds is 14. The van der Waals surface area contributed by atoms with Gasteiger partial charge in [0.2, 0.25) is 0 Å². The van der Waals surface area contributed by atoms with Gasteiger partial charge in [0, 0.05) is 0 Å². The summed E-state index contributed by atoms with van der Waals surface area (Å²) >= 11 is 0. The second-order valence-corrected chi connectivity index (χ2v) is 9.10. The van der Waals surface area contributed by atoms with Crippen LogP contribution in [0.2, 0.25) is 0 Å². The first-order chi connectivity index (χ1) is 12.8. The van der Waals surface area contributed by atoms with Crippen molar-refractivity contribution in [1.82, 2.24) is 0 Å². The molecule has 4 heteroatoms. The van der Waals surface area contributed by atoms with Crippen molar-refractivity contribution in [3.05, 3.63) is 0 Å². The summed E-state index contributed by atoms with van der Waals surface area (Å²) in [6.45, 7) is 6.39. The van der Waals surface area contributed by atoms with Gasteiger partial charge in [-0.2, -0.15) is 0 Å². The van der Waals surface area contributed by atoms with Gasteiger partial charge in [0.25, 0.3) is 0 Å². The van der Waals surface area contributed by atoms with Crippen LogP contribution in [0, 0.1) is 16.7 Å². The van der Waals surface area contributed by atoms with Gasteiger partial charge in [0.15, 0.2) is 0 Å². The predicted octanol–water partition coefficient (Wildman–Crippen LogP) is 6.67. The van der Waals surface area contributed by atoms with E-state index < -0.39 is 22.8 Å². The standard InChI is InChI=1S/C23H42O4/c1-4-22(20(24)25)16-13-14-18-23(22,21(26)27)17-12-10-8-6-5-7-9-11-15-19(2)3/h19H,4-18H2,1-3H3,(H,24,25)(H,26,27). The minimum absolute atomic E-state index is 0.408. The first-order valence-corrected chi connectivity index (χ1v) is 11.3. The number of hydrogen-bond donors (Lipinski definition) is 2. The Morgan fingerprint density at radius 1 is 0.778 bits per heavy atom. The van der Waals surface area contributed by atoms with Crippen molar-refractivity contribution in [3.63, 3.8) is 0 Å². The Morgan fingerprint density at radius 3 is 1.67 bits per heavy atom. The highest BCUT2D eigenvalue weighted by Crippen LogP contribution is 2.56. The third kappa shape index (κ3) is 6.22. The van der Waals surface area contributed by atoms with Gasteiger partial charge in [-0.15, -0.1) is 0 Å². The van der Waals surface area contributed by atoms with E-state index in [-0.39, 0.29) is 0 Å². The Labute approximate surface area is 166 Å². The van der Waals surface area contributed by atoms with E-state index in [0.717, 1.165) is 38.0 Å². The molecule has 1 rings (SSSR count). The molecule has 27 heavy (non-hydrogen) atoms. The van der Waals surface area contributed by atoms with E-state index in [1.54, 1.807) is 0 Å². The molecule has 0 radical (unpaired) electrons. The van der Waals surface area contributed by atoms with Crippen LogP contribution in [0.25, 0.3) is 0 Å². The summed E-state index contributed by atoms with van der Waals surface area (Å²) in [6, 6.07) is 0. The Hall–Kier alpha value is -1.06. The molecule has 2 N–H and O–H groups in total. The van der Waals surface area contributed by atoms with Gasteiger partial charge in [0.05, 0.1) is 10.8 Å². The highest BCUT2D eigenvalue weighted by molar-refractivity contribution is 5.87. The highest BCUT2D eigenvalue weighted by atomic mass is 16.4. The first kappa shape index (κ1) is 24.0. The molecule has 0 bridgehead atoms. The minimum atomic E-state index is -1.09. The van der Waals surface area contributed by atoms with Crippen molar-refractivity contribution >= 4 is 11.9 Å². The van der Waals surface area contributed by atoms with E-state index in [1.165, 1.54) is 38.5 Å². The van der Waals surface area contributed by atoms with Gasteiger partial charge in [-0.3, -0.25) is 9.59 Å². The van der Waals surface area contributed by atoms with E-state index >= 15 is 0 Å². The summed E-state index contributed by atoms with van der Waals surface area (Å²) in [5.74, 6) is -1.00. The molecule has 158 valence electrons. The molecule has 4 nitrogen and oxygen atoms in total. The molecule has 2 unspecified atom stereocenters. The van der Waals surface area contributed by atoms with Crippen LogP contribution in [-0.4, -0.2) is 22.2 Å². The third-order valence-corrected chi connectivity index (χ3v) is 6.93. The lowest BCUT2D eigenvalue weighted by Crippen LogP contribution is -2.54. The number of carboxylic acids is 2. The van der Waals surface area contributed by atoms with Gasteiger partial charge in [0.1, 0.15) is 0 Å². The van der Waals surface area contributed by atoms with Crippen LogP contribution in [0.5, 0.6) is 0 Å². The summed E-state index contributed by atoms with van der Waals surface area (Å²) in [5, 5.41) is 19.9. The number of unbranched alkanes of at least 4 members (excludes halogenated alkanes) is 7. The lowest BCUT2D eigenvalue weighted by molar-refractivity contribution is -0.181. The normalized spacial score (nSPS) is 25.6. The predicted molar refractivity (Wildman–Crippen MR) is 110 cm³/mol. The Kier molecular flexibility index (Phi) is 10.4. The van der Waals surface area contributed by atoms with E-state index in [0.29, 0.717) is 25.7 Å². The van der Waals surface area contributed by atoms with Crippen molar-refractivity contribution in [2.75, 3.05) is 0 Å². The average molecular weight is 383 g/mol. The molecule has 0 amide bonds. The summed E-state index contributed by atoms with van der Waals surface area (Å²) in [4.78, 5) is 24.3. The number of aliphatic carboxylic acids is 2. The molecule has 1 aliphatic carbocycles. The molecule has 0 heterocycles. The molecule has 0 saturated heterocycles. The van der Waals surface area contributed by atoms with Crippen LogP contribution in [0.3, 0.4) is 0 Å². The third-order valence-electron chi connectivity index (χ3n) is 6.93. The molecule has 0 aromatic carbocycles. The lowest BCUT2D eigenvalue weighted by Gasteiger charge is -2.48. The second kappa shape index (κ2) is 11.7. The summed E-state index contributed by atoms with van der Waals surface area (Å²) in [6.07, 6.45) is 14.3. The minimum Gasteiger partial charge on any atom is -0.481 e. The summed E-state index contributed by atoms with van der Waals surface area (Å²) in [5.41, 5.74) is -2.17. The highest BCUT2D eigenvalue weighted by Gasteiger charge is 2.60. The van der Waals surface area contributed by atoms with E-state index in [4.69, 9.17) is 0 Å². The SMILES string of the molecule is CCC1(C(=O)O)CCCCC1(CCCCCCCCCCC(C)C)C(=O)O. The van der Waals surface area contributed by atoms with Gasteiger partial charge in [-0.1, -0.05) is 91.4 Å². The van der Waals surface area contributed by atoms with E-state index in [2.05, 4.69) is 13.8 Å². The van der Waals surface area contributed by atoms with Gasteiger partial charge >= 0.3 is 11.9 Å². The zero-order valence-corrected chi connectivity index (χ0v) is 17.9. The van der Waals surface area contributed by atoms with Gasteiger partial charge < -0.3 is 10.2 Å². The average Bonchev–Trinajstić information content (AvgIpc) is 2.62. The molecule has 1 saturated carbocycles. The van der Waals surface area contributed by atoms with Crippen molar-refractivity contribution in [2.24, 2.45) is 16.7 Å². The molecular formula is C23H42O4. The van der Waals surface area contributed by atoms with Crippen LogP contribution in [0.1, 0.15) is 117 Å². The monoisotopic (exact) mass is 382 g/mol.